The van der Waals surface area contributed by atoms with E-state index >= 15 is 0 Å². The van der Waals surface area contributed by atoms with Crippen molar-refractivity contribution in [1.29, 1.82) is 0 Å². The number of carbonyl (C=O) groups is 1. The number of fused-ring (bicyclic) bond motifs is 3. The van der Waals surface area contributed by atoms with Gasteiger partial charge >= 0.3 is 0 Å². The number of nitrogens with zero attached hydrogens (tertiary/aromatic N) is 2. The second-order valence-corrected chi connectivity index (χ2v) is 9.05. The standard InChI is InChI=1S/C19H25N3O2S2/c1-5-9-22-18(24)16-13-7-6-8-14(13)26-17(16)21-19(22)25-10-15(23)20-12(4)11(2)3/h5,11-12H,1,6-10H2,2-4H3,(H,20,23)/t12-/m0/s1. The van der Waals surface area contributed by atoms with Crippen LogP contribution in [0.25, 0.3) is 10.2 Å². The smallest absolute Gasteiger partial charge is 0.263 e. The van der Waals surface area contributed by atoms with Gasteiger partial charge in [-0.25, -0.2) is 4.98 Å². The molecule has 0 bridgehead atoms. The summed E-state index contributed by atoms with van der Waals surface area (Å²) < 4.78 is 1.64. The van der Waals surface area contributed by atoms with Crippen LogP contribution in [0.15, 0.2) is 22.6 Å². The van der Waals surface area contributed by atoms with Crippen molar-refractivity contribution in [3.05, 3.63) is 33.4 Å². The Kier molecular flexibility index (Phi) is 5.87. The van der Waals surface area contributed by atoms with Crippen LogP contribution < -0.4 is 10.9 Å². The number of rotatable bonds is 7. The summed E-state index contributed by atoms with van der Waals surface area (Å²) in [6, 6.07) is 0.120. The van der Waals surface area contributed by atoms with Gasteiger partial charge in [0.25, 0.3) is 5.56 Å². The lowest BCUT2D eigenvalue weighted by molar-refractivity contribution is -0.119. The van der Waals surface area contributed by atoms with Crippen molar-refractivity contribution in [1.82, 2.24) is 14.9 Å². The van der Waals surface area contributed by atoms with E-state index in [2.05, 4.69) is 25.7 Å². The number of thiophene rings is 1. The summed E-state index contributed by atoms with van der Waals surface area (Å²) in [4.78, 5) is 32.1. The van der Waals surface area contributed by atoms with Crippen molar-refractivity contribution in [2.75, 3.05) is 5.75 Å². The molecule has 1 N–H and O–H groups in total. The Morgan fingerprint density at radius 2 is 2.19 bits per heavy atom. The number of allylic oxidation sites excluding steroid dienone is 1. The molecule has 0 unspecified atom stereocenters. The van der Waals surface area contributed by atoms with Gasteiger partial charge in [-0.15, -0.1) is 17.9 Å². The SMILES string of the molecule is C=CCn1c(SCC(=O)N[C@@H](C)C(C)C)nc2sc3c(c2c1=O)CCC3. The van der Waals surface area contributed by atoms with E-state index in [1.54, 1.807) is 22.0 Å². The monoisotopic (exact) mass is 391 g/mol. The van der Waals surface area contributed by atoms with Gasteiger partial charge in [0.2, 0.25) is 5.91 Å². The highest BCUT2D eigenvalue weighted by atomic mass is 32.2. The lowest BCUT2D eigenvalue weighted by Gasteiger charge is -2.17. The maximum atomic E-state index is 13.0. The van der Waals surface area contributed by atoms with Crippen molar-refractivity contribution >= 4 is 39.2 Å². The highest BCUT2D eigenvalue weighted by Gasteiger charge is 2.23. The number of amides is 1. The van der Waals surface area contributed by atoms with E-state index in [9.17, 15) is 9.59 Å². The lowest BCUT2D eigenvalue weighted by atomic mass is 10.1. The third-order valence-corrected chi connectivity index (χ3v) is 6.98. The molecule has 26 heavy (non-hydrogen) atoms. The molecule has 1 amide bonds. The maximum absolute atomic E-state index is 13.0. The molecule has 2 aromatic rings. The van der Waals surface area contributed by atoms with E-state index in [1.165, 1.54) is 22.2 Å². The molecule has 0 spiro atoms. The van der Waals surface area contributed by atoms with Crippen molar-refractivity contribution in [3.63, 3.8) is 0 Å². The van der Waals surface area contributed by atoms with Crippen LogP contribution in [-0.4, -0.2) is 27.3 Å². The Labute approximate surface area is 161 Å². The van der Waals surface area contributed by atoms with Crippen LogP contribution in [0.2, 0.25) is 0 Å². The van der Waals surface area contributed by atoms with E-state index in [4.69, 9.17) is 4.98 Å². The summed E-state index contributed by atoms with van der Waals surface area (Å²) in [5, 5.41) is 4.35. The molecule has 3 rings (SSSR count). The first-order valence-electron chi connectivity index (χ1n) is 9.00. The minimum atomic E-state index is -0.0376. The third kappa shape index (κ3) is 3.74. The largest absolute Gasteiger partial charge is 0.353 e. The fourth-order valence-corrected chi connectivity index (χ4v) is 5.17. The molecule has 0 saturated heterocycles. The van der Waals surface area contributed by atoms with Gasteiger partial charge in [-0.05, 0) is 37.7 Å². The van der Waals surface area contributed by atoms with Gasteiger partial charge in [-0.1, -0.05) is 31.7 Å². The van der Waals surface area contributed by atoms with Gasteiger partial charge in [-0.2, -0.15) is 0 Å². The van der Waals surface area contributed by atoms with Crippen molar-refractivity contribution in [2.45, 2.75) is 57.8 Å². The minimum absolute atomic E-state index is 0.00671. The molecule has 0 aromatic carbocycles. The van der Waals surface area contributed by atoms with E-state index in [1.807, 2.05) is 6.92 Å². The molecule has 0 aliphatic heterocycles. The average molecular weight is 392 g/mol. The van der Waals surface area contributed by atoms with Gasteiger partial charge in [0.1, 0.15) is 4.83 Å². The van der Waals surface area contributed by atoms with Crippen molar-refractivity contribution < 1.29 is 4.79 Å². The Balaban J connectivity index is 1.88. The van der Waals surface area contributed by atoms with Crippen LogP contribution in [0.5, 0.6) is 0 Å². The van der Waals surface area contributed by atoms with Gasteiger partial charge in [0.15, 0.2) is 5.16 Å². The molecular formula is C19H25N3O2S2. The van der Waals surface area contributed by atoms with Crippen LogP contribution >= 0.6 is 23.1 Å². The summed E-state index contributed by atoms with van der Waals surface area (Å²) in [6.07, 6.45) is 4.81. The predicted octanol–water partition coefficient (Wildman–Crippen LogP) is 3.39. The van der Waals surface area contributed by atoms with Gasteiger partial charge in [0, 0.05) is 17.5 Å². The maximum Gasteiger partial charge on any atom is 0.263 e. The zero-order valence-corrected chi connectivity index (χ0v) is 17.1. The summed E-state index contributed by atoms with van der Waals surface area (Å²) in [5.74, 6) is 0.590. The first-order valence-corrected chi connectivity index (χ1v) is 10.8. The third-order valence-electron chi connectivity index (χ3n) is 4.82. The summed E-state index contributed by atoms with van der Waals surface area (Å²) in [6.45, 7) is 10.3. The van der Waals surface area contributed by atoms with E-state index in [0.717, 1.165) is 29.5 Å². The Morgan fingerprint density at radius 1 is 1.42 bits per heavy atom. The van der Waals surface area contributed by atoms with E-state index in [-0.39, 0.29) is 23.3 Å². The van der Waals surface area contributed by atoms with Crippen LogP contribution in [0.4, 0.5) is 0 Å². The second-order valence-electron chi connectivity index (χ2n) is 7.03. The normalized spacial score (nSPS) is 14.6. The number of carbonyl (C=O) groups excluding carboxylic acids is 1. The Morgan fingerprint density at radius 3 is 2.88 bits per heavy atom. The molecule has 1 atom stereocenters. The molecule has 2 aromatic heterocycles. The second kappa shape index (κ2) is 7.96. The number of thioether (sulfide) groups is 1. The first-order chi connectivity index (χ1) is 12.4. The van der Waals surface area contributed by atoms with Gasteiger partial charge in [0.05, 0.1) is 11.1 Å². The molecule has 0 saturated carbocycles. The Bertz CT molecular complexity index is 898. The predicted molar refractivity (Wildman–Crippen MR) is 109 cm³/mol. The highest BCUT2D eigenvalue weighted by Crippen LogP contribution is 2.35. The topological polar surface area (TPSA) is 64.0 Å². The zero-order valence-electron chi connectivity index (χ0n) is 15.5. The molecule has 2 heterocycles. The Hall–Kier alpha value is -1.60. The number of hydrogen-bond donors (Lipinski definition) is 1. The number of hydrogen-bond acceptors (Lipinski definition) is 5. The molecule has 0 radical (unpaired) electrons. The molecule has 1 aliphatic carbocycles. The lowest BCUT2D eigenvalue weighted by Crippen LogP contribution is -2.37. The fourth-order valence-electron chi connectivity index (χ4n) is 3.05. The first kappa shape index (κ1) is 19.2. The fraction of sp³-hybridized carbons (Fsp3) is 0.526. The summed E-state index contributed by atoms with van der Waals surface area (Å²) in [5.41, 5.74) is 1.17. The highest BCUT2D eigenvalue weighted by molar-refractivity contribution is 7.99. The van der Waals surface area contributed by atoms with Gasteiger partial charge < -0.3 is 5.32 Å². The summed E-state index contributed by atoms with van der Waals surface area (Å²) in [7, 11) is 0. The van der Waals surface area contributed by atoms with Crippen molar-refractivity contribution in [2.24, 2.45) is 5.92 Å². The van der Waals surface area contributed by atoms with Crippen LogP contribution in [0.1, 0.15) is 37.6 Å². The quantitative estimate of drug-likeness (QED) is 0.446. The van der Waals surface area contributed by atoms with Gasteiger partial charge in [-0.3, -0.25) is 14.2 Å². The molecule has 7 heteroatoms. The number of aryl methyl sites for hydroxylation is 2. The minimum Gasteiger partial charge on any atom is -0.353 e. The molecule has 0 fully saturated rings. The number of nitrogens with one attached hydrogen (secondary N) is 1. The van der Waals surface area contributed by atoms with Crippen molar-refractivity contribution in [3.8, 4) is 0 Å². The van der Waals surface area contributed by atoms with Crippen LogP contribution in [0.3, 0.4) is 0 Å². The zero-order chi connectivity index (χ0) is 18.8. The number of aromatic nitrogens is 2. The average Bonchev–Trinajstić information content (AvgIpc) is 3.16. The molecule has 140 valence electrons. The van der Waals surface area contributed by atoms with Crippen LogP contribution in [0, 0.1) is 5.92 Å². The molecule has 1 aliphatic rings. The summed E-state index contributed by atoms with van der Waals surface area (Å²) >= 11 is 2.94. The molecular weight excluding hydrogens is 366 g/mol. The van der Waals surface area contributed by atoms with Crippen LogP contribution in [-0.2, 0) is 24.2 Å². The molecule has 5 nitrogen and oxygen atoms in total. The van der Waals surface area contributed by atoms with E-state index in [0.29, 0.717) is 17.6 Å². The van der Waals surface area contributed by atoms with E-state index < -0.39 is 0 Å².